The molecule has 0 aromatic heterocycles. The summed E-state index contributed by atoms with van der Waals surface area (Å²) in [6, 6.07) is -2.43. The maximum atomic E-state index is 11.9. The lowest BCUT2D eigenvalue weighted by molar-refractivity contribution is -0.140. The fraction of sp³-hybridized carbons (Fsp3) is 0.750. The lowest BCUT2D eigenvalue weighted by Crippen LogP contribution is -2.41. The highest BCUT2D eigenvalue weighted by atomic mass is 32.2. The van der Waals surface area contributed by atoms with E-state index in [1.165, 1.54) is 11.8 Å². The molecule has 0 amide bonds. The Hall–Kier alpha value is -1.09. The van der Waals surface area contributed by atoms with Crippen molar-refractivity contribution in [3.8, 4) is 0 Å². The Bertz CT molecular complexity index is 467. The molecule has 134 valence electrons. The predicted molar refractivity (Wildman–Crippen MR) is 87.2 cm³/mol. The van der Waals surface area contributed by atoms with Crippen LogP contribution in [-0.4, -0.2) is 55.8 Å². The molecule has 0 aromatic rings. The molecule has 0 bridgehead atoms. The van der Waals surface area contributed by atoms with Crippen molar-refractivity contribution in [1.29, 1.82) is 0 Å². The van der Waals surface area contributed by atoms with Crippen molar-refractivity contribution in [2.45, 2.75) is 50.4 Å². The van der Waals surface area contributed by atoms with Crippen LogP contribution in [-0.2, 0) is 18.9 Å². The predicted octanol–water partition coefficient (Wildman–Crippen LogP) is 0.858. The Balaban J connectivity index is 4.62. The van der Waals surface area contributed by atoms with Crippen LogP contribution in [0.3, 0.4) is 0 Å². The van der Waals surface area contributed by atoms with Crippen LogP contribution in [0.5, 0.6) is 0 Å². The van der Waals surface area contributed by atoms with E-state index in [4.69, 9.17) is 15.3 Å². The summed E-state index contributed by atoms with van der Waals surface area (Å²) in [5.41, 5.74) is 0. The van der Waals surface area contributed by atoms with Gasteiger partial charge in [0, 0.05) is 16.9 Å². The van der Waals surface area contributed by atoms with Crippen LogP contribution in [0.4, 0.5) is 0 Å². The van der Waals surface area contributed by atoms with E-state index >= 15 is 0 Å². The van der Waals surface area contributed by atoms with E-state index in [9.17, 15) is 18.9 Å². The molecule has 23 heavy (non-hydrogen) atoms. The standard InChI is InChI=1S/C12H23N2O7PS/c1-12(2,3)23-6-8(11(19)20)14-22(21)13-7(10(17)18)4-5-9(15)16/h7-8,22H,4-6H2,1-3H3,(H,15,16)(H,17,18)(H,19,20)(H2,13,14,21)/t7-,8-/m0/s1. The summed E-state index contributed by atoms with van der Waals surface area (Å²) in [6.45, 7) is 5.72. The molecule has 5 N–H and O–H groups in total. The number of thioether (sulfide) groups is 1. The van der Waals surface area contributed by atoms with Crippen molar-refractivity contribution in [1.82, 2.24) is 10.2 Å². The van der Waals surface area contributed by atoms with E-state index < -0.39 is 44.5 Å². The number of rotatable bonds is 11. The van der Waals surface area contributed by atoms with Gasteiger partial charge in [0.15, 0.2) is 0 Å². The highest BCUT2D eigenvalue weighted by Crippen LogP contribution is 2.25. The third-order valence-electron chi connectivity index (χ3n) is 2.54. The van der Waals surface area contributed by atoms with Gasteiger partial charge in [-0.25, -0.2) is 10.2 Å². The number of carboxylic acid groups (broad SMARTS) is 3. The van der Waals surface area contributed by atoms with Gasteiger partial charge in [0.05, 0.1) is 0 Å². The summed E-state index contributed by atoms with van der Waals surface area (Å²) in [6.07, 6.45) is -0.654. The van der Waals surface area contributed by atoms with E-state index in [2.05, 4.69) is 10.2 Å². The Morgan fingerprint density at radius 3 is 1.91 bits per heavy atom. The minimum absolute atomic E-state index is 0.157. The zero-order valence-electron chi connectivity index (χ0n) is 13.2. The van der Waals surface area contributed by atoms with Crippen molar-refractivity contribution < 1.29 is 34.3 Å². The fourth-order valence-electron chi connectivity index (χ4n) is 1.39. The SMILES string of the molecule is CC(C)(C)SC[C@H](N[PH](=O)N[C@@H](CCC(=O)O)C(=O)O)C(=O)O. The van der Waals surface area contributed by atoms with Gasteiger partial charge in [-0.15, -0.1) is 0 Å². The van der Waals surface area contributed by atoms with Gasteiger partial charge in [-0.2, -0.15) is 11.8 Å². The normalized spacial score (nSPS) is 15.6. The number of aliphatic carboxylic acids is 3. The smallest absolute Gasteiger partial charge is 0.321 e. The lowest BCUT2D eigenvalue weighted by Gasteiger charge is -2.22. The van der Waals surface area contributed by atoms with Crippen molar-refractivity contribution in [2.75, 3.05) is 5.75 Å². The summed E-state index contributed by atoms with van der Waals surface area (Å²) < 4.78 is 11.7. The molecule has 0 aliphatic carbocycles. The molecule has 0 fully saturated rings. The summed E-state index contributed by atoms with van der Waals surface area (Å²) in [7, 11) is -2.91. The van der Waals surface area contributed by atoms with Gasteiger partial charge in [0.1, 0.15) is 12.1 Å². The molecule has 1 unspecified atom stereocenters. The first kappa shape index (κ1) is 21.9. The topological polar surface area (TPSA) is 153 Å². The van der Waals surface area contributed by atoms with Crippen LogP contribution in [0, 0.1) is 0 Å². The average molecular weight is 370 g/mol. The van der Waals surface area contributed by atoms with Crippen LogP contribution >= 0.6 is 19.9 Å². The molecule has 0 saturated carbocycles. The molecule has 0 radical (unpaired) electrons. The van der Waals surface area contributed by atoms with Gasteiger partial charge in [-0.1, -0.05) is 20.8 Å². The van der Waals surface area contributed by atoms with Crippen molar-refractivity contribution in [2.24, 2.45) is 0 Å². The maximum Gasteiger partial charge on any atom is 0.321 e. The Morgan fingerprint density at radius 2 is 1.52 bits per heavy atom. The molecular weight excluding hydrogens is 347 g/mol. The molecule has 0 aliphatic rings. The molecule has 0 heterocycles. The van der Waals surface area contributed by atoms with Crippen LogP contribution in [0.15, 0.2) is 0 Å². The monoisotopic (exact) mass is 370 g/mol. The van der Waals surface area contributed by atoms with Crippen LogP contribution < -0.4 is 10.2 Å². The van der Waals surface area contributed by atoms with Gasteiger partial charge in [0.25, 0.3) is 0 Å². The van der Waals surface area contributed by atoms with E-state index in [1.54, 1.807) is 0 Å². The second kappa shape index (κ2) is 9.92. The highest BCUT2D eigenvalue weighted by Gasteiger charge is 2.25. The van der Waals surface area contributed by atoms with Crippen molar-refractivity contribution in [3.63, 3.8) is 0 Å². The van der Waals surface area contributed by atoms with Gasteiger partial charge >= 0.3 is 17.9 Å². The fourth-order valence-corrected chi connectivity index (χ4v) is 3.64. The van der Waals surface area contributed by atoms with Crippen molar-refractivity contribution >= 4 is 37.8 Å². The third-order valence-corrected chi connectivity index (χ3v) is 5.12. The summed E-state index contributed by atoms with van der Waals surface area (Å²) in [5.74, 6) is -3.55. The first-order valence-electron chi connectivity index (χ1n) is 6.80. The maximum absolute atomic E-state index is 11.9. The molecule has 0 saturated heterocycles. The molecule has 0 aliphatic heterocycles. The minimum atomic E-state index is -2.91. The number of hydrogen-bond acceptors (Lipinski definition) is 5. The lowest BCUT2D eigenvalue weighted by atomic mass is 10.2. The second-order valence-corrected chi connectivity index (χ2v) is 8.84. The molecule has 0 rings (SSSR count). The van der Waals surface area contributed by atoms with E-state index in [0.29, 0.717) is 0 Å². The zero-order chi connectivity index (χ0) is 18.2. The molecular formula is C12H23N2O7PS. The van der Waals surface area contributed by atoms with E-state index in [0.717, 1.165) is 0 Å². The number of carboxylic acids is 3. The number of carbonyl (C=O) groups is 3. The van der Waals surface area contributed by atoms with Gasteiger partial charge < -0.3 is 15.3 Å². The van der Waals surface area contributed by atoms with Gasteiger partial charge in [-0.3, -0.25) is 18.9 Å². The van der Waals surface area contributed by atoms with Crippen LogP contribution in [0.1, 0.15) is 33.6 Å². The molecule has 11 heteroatoms. The highest BCUT2D eigenvalue weighted by molar-refractivity contribution is 8.00. The molecule has 0 aromatic carbocycles. The van der Waals surface area contributed by atoms with E-state index in [1.807, 2.05) is 20.8 Å². The van der Waals surface area contributed by atoms with Crippen LogP contribution in [0.2, 0.25) is 0 Å². The molecule has 9 nitrogen and oxygen atoms in total. The Labute approximate surface area is 139 Å². The van der Waals surface area contributed by atoms with Crippen molar-refractivity contribution in [3.05, 3.63) is 0 Å². The van der Waals surface area contributed by atoms with Gasteiger partial charge in [-0.05, 0) is 6.42 Å². The molecule has 3 atom stereocenters. The quantitative estimate of drug-likeness (QED) is 0.331. The Morgan fingerprint density at radius 1 is 1.04 bits per heavy atom. The average Bonchev–Trinajstić information content (AvgIpc) is 2.37. The summed E-state index contributed by atoms with van der Waals surface area (Å²) in [5, 5.41) is 31.3. The molecule has 0 spiro atoms. The number of hydrogen-bond donors (Lipinski definition) is 5. The van der Waals surface area contributed by atoms with Gasteiger partial charge in [0.2, 0.25) is 8.10 Å². The summed E-state index contributed by atoms with van der Waals surface area (Å²) >= 11 is 1.36. The van der Waals surface area contributed by atoms with Crippen LogP contribution in [0.25, 0.3) is 0 Å². The first-order chi connectivity index (χ1) is 10.4. The zero-order valence-corrected chi connectivity index (χ0v) is 15.0. The summed E-state index contributed by atoms with van der Waals surface area (Å²) in [4.78, 5) is 32.6. The largest absolute Gasteiger partial charge is 0.481 e. The second-order valence-electron chi connectivity index (χ2n) is 5.76. The number of nitrogens with one attached hydrogen (secondary N) is 2. The third kappa shape index (κ3) is 11.1. The Kier molecular flexibility index (Phi) is 9.45. The van der Waals surface area contributed by atoms with E-state index in [-0.39, 0.29) is 16.9 Å². The first-order valence-corrected chi connectivity index (χ1v) is 9.20. The minimum Gasteiger partial charge on any atom is -0.481 e.